The van der Waals surface area contributed by atoms with Gasteiger partial charge < -0.3 is 9.47 Å². The van der Waals surface area contributed by atoms with Gasteiger partial charge in [-0.3, -0.25) is 14.5 Å². The second kappa shape index (κ2) is 7.95. The van der Waals surface area contributed by atoms with Gasteiger partial charge in [0.05, 0.1) is 32.4 Å². The first kappa shape index (κ1) is 20.5. The highest BCUT2D eigenvalue weighted by Crippen LogP contribution is 2.41. The van der Waals surface area contributed by atoms with E-state index in [-0.39, 0.29) is 24.3 Å². The molecule has 0 N–H and O–H groups in total. The fourth-order valence-electron chi connectivity index (χ4n) is 5.12. The Morgan fingerprint density at radius 2 is 1.66 bits per heavy atom. The summed E-state index contributed by atoms with van der Waals surface area (Å²) < 4.78 is 10.9. The molecule has 3 aromatic carbocycles. The van der Waals surface area contributed by atoms with E-state index in [1.54, 1.807) is 14.2 Å². The van der Waals surface area contributed by atoms with Crippen LogP contribution in [0.2, 0.25) is 0 Å². The second-order valence-corrected chi connectivity index (χ2v) is 8.36. The average molecular weight is 431 g/mol. The molecule has 0 saturated carbocycles. The fraction of sp³-hybridized carbons (Fsp3) is 0.308. The Balaban J connectivity index is 1.48. The van der Waals surface area contributed by atoms with Crippen molar-refractivity contribution in [3.8, 4) is 11.5 Å². The molecule has 6 heteroatoms. The van der Waals surface area contributed by atoms with Crippen LogP contribution in [-0.4, -0.2) is 43.5 Å². The largest absolute Gasteiger partial charge is 0.493 e. The van der Waals surface area contributed by atoms with Crippen LogP contribution in [-0.2, 0) is 16.0 Å². The van der Waals surface area contributed by atoms with Crippen LogP contribution in [0.15, 0.2) is 54.6 Å². The molecule has 0 bridgehead atoms. The van der Waals surface area contributed by atoms with Gasteiger partial charge in [-0.05, 0) is 48.1 Å². The van der Waals surface area contributed by atoms with E-state index < -0.39 is 6.04 Å². The normalized spacial score (nSPS) is 21.2. The smallest absolute Gasteiger partial charge is 0.251 e. The van der Waals surface area contributed by atoms with Crippen LogP contribution in [0, 0.1) is 0 Å². The first-order valence-corrected chi connectivity index (χ1v) is 10.9. The summed E-state index contributed by atoms with van der Waals surface area (Å²) >= 11 is 0. The third kappa shape index (κ3) is 3.14. The zero-order valence-corrected chi connectivity index (χ0v) is 18.5. The van der Waals surface area contributed by atoms with E-state index in [4.69, 9.17) is 9.47 Å². The number of hydrogen-bond acceptors (Lipinski definition) is 5. The van der Waals surface area contributed by atoms with E-state index in [0.717, 1.165) is 22.8 Å². The summed E-state index contributed by atoms with van der Waals surface area (Å²) in [6.07, 6.45) is 0.973. The monoisotopic (exact) mass is 430 g/mol. The molecule has 3 aromatic rings. The number of fused-ring (bicyclic) bond motifs is 2. The Labute approximate surface area is 187 Å². The molecular weight excluding hydrogens is 404 g/mol. The third-order valence-corrected chi connectivity index (χ3v) is 6.76. The topological polar surface area (TPSA) is 59.1 Å². The number of rotatable bonds is 4. The molecular formula is C26H26N2O4. The highest BCUT2D eigenvalue weighted by Gasteiger charge is 2.45. The molecule has 2 heterocycles. The maximum absolute atomic E-state index is 13.6. The van der Waals surface area contributed by atoms with Crippen molar-refractivity contribution in [2.45, 2.75) is 31.8 Å². The van der Waals surface area contributed by atoms with Gasteiger partial charge in [0.2, 0.25) is 5.91 Å². The first-order chi connectivity index (χ1) is 15.5. The Hall–Kier alpha value is -3.38. The van der Waals surface area contributed by atoms with Crippen molar-refractivity contribution in [3.05, 3.63) is 65.7 Å². The molecule has 2 atom stereocenters. The van der Waals surface area contributed by atoms with Crippen LogP contribution in [0.3, 0.4) is 0 Å². The van der Waals surface area contributed by atoms with E-state index in [0.29, 0.717) is 23.7 Å². The highest BCUT2D eigenvalue weighted by atomic mass is 16.5. The summed E-state index contributed by atoms with van der Waals surface area (Å²) in [4.78, 5) is 30.2. The highest BCUT2D eigenvalue weighted by molar-refractivity contribution is 6.25. The summed E-state index contributed by atoms with van der Waals surface area (Å²) in [5.41, 5.74) is 2.96. The SMILES string of the molecule is COc1cc2c(cc1OC)[C@H](C)N([C@H]1CC(=O)N(c3cccc4ccccc34)C1=O)CC2. The van der Waals surface area contributed by atoms with Crippen LogP contribution in [0.5, 0.6) is 11.5 Å². The van der Waals surface area contributed by atoms with Crippen molar-refractivity contribution < 1.29 is 19.1 Å². The number of hydrogen-bond donors (Lipinski definition) is 0. The minimum atomic E-state index is -0.474. The number of anilines is 1. The molecule has 1 fully saturated rings. The molecule has 6 nitrogen and oxygen atoms in total. The number of methoxy groups -OCH3 is 2. The van der Waals surface area contributed by atoms with Crippen molar-refractivity contribution >= 4 is 28.3 Å². The molecule has 0 unspecified atom stereocenters. The number of carbonyl (C=O) groups is 2. The molecule has 2 amide bonds. The summed E-state index contributed by atoms with van der Waals surface area (Å²) in [5.74, 6) is 1.08. The van der Waals surface area contributed by atoms with Gasteiger partial charge >= 0.3 is 0 Å². The molecule has 0 aromatic heterocycles. The molecule has 0 radical (unpaired) electrons. The van der Waals surface area contributed by atoms with E-state index in [1.165, 1.54) is 10.5 Å². The number of nitrogens with zero attached hydrogens (tertiary/aromatic N) is 2. The Bertz CT molecular complexity index is 1220. The lowest BCUT2D eigenvalue weighted by Gasteiger charge is -2.38. The van der Waals surface area contributed by atoms with Crippen molar-refractivity contribution in [2.75, 3.05) is 25.7 Å². The van der Waals surface area contributed by atoms with Gasteiger partial charge in [0.1, 0.15) is 0 Å². The van der Waals surface area contributed by atoms with E-state index in [2.05, 4.69) is 11.8 Å². The zero-order chi connectivity index (χ0) is 22.4. The number of ether oxygens (including phenoxy) is 2. The van der Waals surface area contributed by atoms with Gasteiger partial charge in [0, 0.05) is 18.0 Å². The van der Waals surface area contributed by atoms with Gasteiger partial charge in [-0.2, -0.15) is 0 Å². The predicted molar refractivity (Wildman–Crippen MR) is 123 cm³/mol. The minimum Gasteiger partial charge on any atom is -0.493 e. The van der Waals surface area contributed by atoms with Crippen LogP contribution in [0.25, 0.3) is 10.8 Å². The van der Waals surface area contributed by atoms with Gasteiger partial charge in [-0.25, -0.2) is 4.90 Å². The van der Waals surface area contributed by atoms with Gasteiger partial charge in [-0.1, -0.05) is 36.4 Å². The van der Waals surface area contributed by atoms with Crippen LogP contribution in [0.1, 0.15) is 30.5 Å². The van der Waals surface area contributed by atoms with E-state index in [9.17, 15) is 9.59 Å². The van der Waals surface area contributed by atoms with Crippen LogP contribution in [0.4, 0.5) is 5.69 Å². The Kier molecular flexibility index (Phi) is 5.10. The summed E-state index contributed by atoms with van der Waals surface area (Å²) in [6.45, 7) is 2.79. The third-order valence-electron chi connectivity index (χ3n) is 6.76. The van der Waals surface area contributed by atoms with Crippen molar-refractivity contribution in [3.63, 3.8) is 0 Å². The van der Waals surface area contributed by atoms with Gasteiger partial charge in [-0.15, -0.1) is 0 Å². The lowest BCUT2D eigenvalue weighted by atomic mass is 9.91. The second-order valence-electron chi connectivity index (χ2n) is 8.36. The number of benzene rings is 3. The number of imide groups is 1. The maximum atomic E-state index is 13.6. The lowest BCUT2D eigenvalue weighted by Crippen LogP contribution is -2.46. The predicted octanol–water partition coefficient (Wildman–Crippen LogP) is 4.11. The molecule has 0 aliphatic carbocycles. The summed E-state index contributed by atoms with van der Waals surface area (Å²) in [5, 5.41) is 1.92. The van der Waals surface area contributed by atoms with Crippen molar-refractivity contribution in [1.82, 2.24) is 4.90 Å². The molecule has 2 aliphatic heterocycles. The van der Waals surface area contributed by atoms with Gasteiger partial charge in [0.25, 0.3) is 5.91 Å². The Morgan fingerprint density at radius 1 is 0.938 bits per heavy atom. The van der Waals surface area contributed by atoms with Crippen molar-refractivity contribution in [1.29, 1.82) is 0 Å². The Morgan fingerprint density at radius 3 is 2.44 bits per heavy atom. The standard InChI is InChI=1S/C26H26N2O4/c1-16-20-14-24(32-3)23(31-2)13-18(20)11-12-27(16)22-15-25(29)28(26(22)30)21-10-6-8-17-7-4-5-9-19(17)21/h4-10,13-14,16,22H,11-12,15H2,1-3H3/t16-,22-/m0/s1. The summed E-state index contributed by atoms with van der Waals surface area (Å²) in [7, 11) is 3.25. The quantitative estimate of drug-likeness (QED) is 0.583. The van der Waals surface area contributed by atoms with Gasteiger partial charge in [0.15, 0.2) is 11.5 Å². The van der Waals surface area contributed by atoms with Crippen molar-refractivity contribution in [2.24, 2.45) is 0 Å². The first-order valence-electron chi connectivity index (χ1n) is 10.9. The number of amides is 2. The van der Waals surface area contributed by atoms with E-state index in [1.807, 2.05) is 54.6 Å². The average Bonchev–Trinajstić information content (AvgIpc) is 3.11. The maximum Gasteiger partial charge on any atom is 0.251 e. The molecule has 32 heavy (non-hydrogen) atoms. The molecule has 5 rings (SSSR count). The fourth-order valence-corrected chi connectivity index (χ4v) is 5.12. The molecule has 164 valence electrons. The minimum absolute atomic E-state index is 0.0206. The van der Waals surface area contributed by atoms with E-state index >= 15 is 0 Å². The zero-order valence-electron chi connectivity index (χ0n) is 18.5. The molecule has 1 saturated heterocycles. The molecule has 2 aliphatic rings. The van der Waals surface area contributed by atoms with Crippen LogP contribution < -0.4 is 14.4 Å². The summed E-state index contributed by atoms with van der Waals surface area (Å²) in [6, 6.07) is 17.1. The number of carbonyl (C=O) groups excluding carboxylic acids is 2. The molecule has 0 spiro atoms. The van der Waals surface area contributed by atoms with Crippen LogP contribution >= 0.6 is 0 Å². The lowest BCUT2D eigenvalue weighted by molar-refractivity contribution is -0.123.